The van der Waals surface area contributed by atoms with Crippen LogP contribution in [0.1, 0.15) is 76.4 Å². The molecule has 9 atom stereocenters. The number of nitrogens with zero attached hydrogens (tertiary/aromatic N) is 5. The molecule has 2 heterocycles. The maximum absolute atomic E-state index is 14.4. The molecule has 0 spiro atoms. The number of rotatable bonds is 10. The summed E-state index contributed by atoms with van der Waals surface area (Å²) >= 11 is 0. The predicted octanol–water partition coefficient (Wildman–Crippen LogP) is 10.1. The molecule has 284 valence electrons. The smallest absolute Gasteiger partial charge is 0.214 e. The Morgan fingerprint density at radius 1 is 0.691 bits per heavy atom. The van der Waals surface area contributed by atoms with E-state index in [9.17, 15) is 18.9 Å². The molecule has 0 bridgehead atoms. The van der Waals surface area contributed by atoms with Crippen molar-refractivity contribution in [2.45, 2.75) is 59.9 Å². The molecular weight excluding hydrogens is 699 g/mol. The van der Waals surface area contributed by atoms with Crippen LogP contribution < -0.4 is 0 Å². The highest BCUT2D eigenvalue weighted by Crippen LogP contribution is 2.44. The van der Waals surface area contributed by atoms with Crippen LogP contribution in [0.5, 0.6) is 0 Å². The summed E-state index contributed by atoms with van der Waals surface area (Å²) in [5.41, 5.74) is 6.41. The minimum absolute atomic E-state index is 0.0109. The summed E-state index contributed by atoms with van der Waals surface area (Å²) in [4.78, 5) is 9.39. The van der Waals surface area contributed by atoms with Crippen LogP contribution in [0.3, 0.4) is 0 Å². The Morgan fingerprint density at radius 2 is 1.20 bits per heavy atom. The van der Waals surface area contributed by atoms with Crippen LogP contribution in [0.2, 0.25) is 0 Å². The van der Waals surface area contributed by atoms with E-state index in [2.05, 4.69) is 65.0 Å². The Labute approximate surface area is 328 Å². The van der Waals surface area contributed by atoms with Crippen molar-refractivity contribution in [3.05, 3.63) is 120 Å². The van der Waals surface area contributed by atoms with Crippen LogP contribution in [-0.2, 0) is 10.0 Å². The Morgan fingerprint density at radius 3 is 1.71 bits per heavy atom. The summed E-state index contributed by atoms with van der Waals surface area (Å²) in [6, 6.07) is 27.4. The van der Waals surface area contributed by atoms with Gasteiger partial charge in [-0.25, -0.2) is 12.7 Å². The molecule has 55 heavy (non-hydrogen) atoms. The van der Waals surface area contributed by atoms with E-state index in [-0.39, 0.29) is 35.5 Å². The zero-order valence-electron chi connectivity index (χ0n) is 32.9. The van der Waals surface area contributed by atoms with Crippen molar-refractivity contribution in [1.82, 2.24) is 14.3 Å². The maximum atomic E-state index is 14.4. The molecule has 8 heteroatoms. The van der Waals surface area contributed by atoms with E-state index in [0.29, 0.717) is 34.8 Å². The first-order valence-corrected chi connectivity index (χ1v) is 21.3. The number of pyridine rings is 2. The minimum atomic E-state index is -3.56. The molecule has 2 fully saturated rings. The Bertz CT molecular complexity index is 2200. The average molecular weight is 752 g/mol. The van der Waals surface area contributed by atoms with Gasteiger partial charge in [0, 0.05) is 47.7 Å². The fourth-order valence-corrected chi connectivity index (χ4v) is 10.9. The van der Waals surface area contributed by atoms with Crippen LogP contribution in [0.4, 0.5) is 0 Å². The highest BCUT2D eigenvalue weighted by atomic mass is 32.2. The van der Waals surface area contributed by atoms with Crippen molar-refractivity contribution < 1.29 is 8.42 Å². The zero-order valence-corrected chi connectivity index (χ0v) is 33.7. The minimum Gasteiger partial charge on any atom is -0.256 e. The summed E-state index contributed by atoms with van der Waals surface area (Å²) in [5.74, 6) is 2.14. The van der Waals surface area contributed by atoms with Crippen molar-refractivity contribution in [2.24, 2.45) is 47.3 Å². The molecule has 0 N–H and O–H groups in total. The number of hydrogen-bond acceptors (Lipinski definition) is 6. The first-order valence-electron chi connectivity index (χ1n) is 19.6. The van der Waals surface area contributed by atoms with Crippen molar-refractivity contribution >= 4 is 22.2 Å². The molecule has 0 aliphatic heterocycles. The van der Waals surface area contributed by atoms with Crippen LogP contribution in [0.15, 0.2) is 97.3 Å². The van der Waals surface area contributed by atoms with Gasteiger partial charge >= 0.3 is 0 Å². The number of sulfonamides is 1. The summed E-state index contributed by atoms with van der Waals surface area (Å²) in [5, 5.41) is 19.1. The fourth-order valence-electron chi connectivity index (χ4n) is 9.03. The highest BCUT2D eigenvalue weighted by Gasteiger charge is 2.44. The molecule has 0 saturated heterocycles. The molecule has 2 aliphatic carbocycles. The lowest BCUT2D eigenvalue weighted by Gasteiger charge is -2.46. The molecule has 0 radical (unpaired) electrons. The summed E-state index contributed by atoms with van der Waals surface area (Å²) in [6.07, 6.45) is 14.9. The molecular formula is C47H53N5O2S. The third kappa shape index (κ3) is 8.83. The van der Waals surface area contributed by atoms with Crippen LogP contribution >= 0.6 is 0 Å². The monoisotopic (exact) mass is 751 g/mol. The van der Waals surface area contributed by atoms with E-state index < -0.39 is 10.0 Å². The van der Waals surface area contributed by atoms with Crippen LogP contribution in [0, 0.1) is 70.0 Å². The fraction of sp³-hybridized carbons (Fsp3) is 0.404. The van der Waals surface area contributed by atoms with Gasteiger partial charge < -0.3 is 0 Å². The third-order valence-corrected chi connectivity index (χ3v) is 15.0. The molecule has 2 unspecified atom stereocenters. The van der Waals surface area contributed by atoms with Crippen molar-refractivity contribution in [2.75, 3.05) is 12.8 Å². The van der Waals surface area contributed by atoms with Crippen LogP contribution in [-0.4, -0.2) is 41.5 Å². The van der Waals surface area contributed by atoms with Crippen molar-refractivity contribution in [1.29, 1.82) is 10.5 Å². The quantitative estimate of drug-likeness (QED) is 0.160. The van der Waals surface area contributed by atoms with Gasteiger partial charge in [0.2, 0.25) is 10.0 Å². The van der Waals surface area contributed by atoms with E-state index >= 15 is 0 Å². The lowest BCUT2D eigenvalue weighted by atomic mass is 9.66. The van der Waals surface area contributed by atoms with Gasteiger partial charge in [0.15, 0.2) is 0 Å². The first-order chi connectivity index (χ1) is 26.4. The van der Waals surface area contributed by atoms with E-state index in [1.807, 2.05) is 85.1 Å². The lowest BCUT2D eigenvalue weighted by Crippen LogP contribution is -2.51. The number of benzene rings is 2. The SMILES string of the molecule is CC1C(N(C)S(=O)(=O)C[C@H]2CC[C@H](C)[C@@H](C)[C@@H]2C=Cc2ccc(-c3ccccc3C#N)cn2)C[C@H](C)[C@@H](C)[C@@H]1C=Cc1ccc(-c2ccccc2C#N)cn1. The summed E-state index contributed by atoms with van der Waals surface area (Å²) in [7, 11) is -1.76. The first kappa shape index (κ1) is 39.8. The van der Waals surface area contributed by atoms with Gasteiger partial charge in [0.1, 0.15) is 0 Å². The number of nitriles is 2. The maximum Gasteiger partial charge on any atom is 0.214 e. The molecule has 2 saturated carbocycles. The molecule has 2 aliphatic rings. The Hall–Kier alpha value is -4.89. The van der Waals surface area contributed by atoms with Gasteiger partial charge in [-0.15, -0.1) is 0 Å². The molecule has 4 aromatic rings. The van der Waals surface area contributed by atoms with E-state index in [1.54, 1.807) is 17.5 Å². The molecule has 6 rings (SSSR count). The van der Waals surface area contributed by atoms with E-state index in [0.717, 1.165) is 52.9 Å². The average Bonchev–Trinajstić information content (AvgIpc) is 3.20. The van der Waals surface area contributed by atoms with Gasteiger partial charge in [0.25, 0.3) is 0 Å². The van der Waals surface area contributed by atoms with Crippen molar-refractivity contribution in [3.8, 4) is 34.4 Å². The standard InChI is InChI=1S/C47H53N5O2S/c1-31-15-16-40(44(33(31)3)24-22-42-20-18-39(29-51-42)46-14-10-8-12-37(46)27-49)30-55(53,54)52(6)47-25-32(2)34(4)43(35(47)5)23-21-41-19-17-38(28-50-41)45-13-9-7-11-36(45)26-48/h7-14,17-24,28-29,31-35,40,43-44,47H,15-16,25,30H2,1-6H3/t31-,32-,33+,34+,35?,40+,43-,44-,47?/m0/s1. The molecule has 2 aromatic carbocycles. The summed E-state index contributed by atoms with van der Waals surface area (Å²) in [6.45, 7) is 11.3. The highest BCUT2D eigenvalue weighted by molar-refractivity contribution is 7.89. The number of hydrogen-bond donors (Lipinski definition) is 0. The number of allylic oxidation sites excluding steroid dienone is 2. The third-order valence-electron chi connectivity index (χ3n) is 13.0. The number of aromatic nitrogens is 2. The topological polar surface area (TPSA) is 111 Å². The van der Waals surface area contributed by atoms with Gasteiger partial charge in [-0.05, 0) is 96.6 Å². The normalized spacial score (nSPS) is 27.3. The lowest BCUT2D eigenvalue weighted by molar-refractivity contribution is 0.0843. The van der Waals surface area contributed by atoms with Gasteiger partial charge in [-0.1, -0.05) is 102 Å². The van der Waals surface area contributed by atoms with Crippen LogP contribution in [0.25, 0.3) is 34.4 Å². The summed E-state index contributed by atoms with van der Waals surface area (Å²) < 4.78 is 30.4. The van der Waals surface area contributed by atoms with Gasteiger partial charge in [0.05, 0.1) is 40.4 Å². The predicted molar refractivity (Wildman–Crippen MR) is 222 cm³/mol. The molecule has 0 amide bonds. The molecule has 7 nitrogen and oxygen atoms in total. The van der Waals surface area contributed by atoms with E-state index in [4.69, 9.17) is 9.97 Å². The molecule has 2 aromatic heterocycles. The zero-order chi connectivity index (χ0) is 39.3. The largest absolute Gasteiger partial charge is 0.256 e. The van der Waals surface area contributed by atoms with Crippen molar-refractivity contribution in [3.63, 3.8) is 0 Å². The second-order valence-corrected chi connectivity index (χ2v) is 18.2. The van der Waals surface area contributed by atoms with E-state index in [1.165, 1.54) is 0 Å². The second-order valence-electron chi connectivity index (χ2n) is 16.1. The Kier molecular flexibility index (Phi) is 12.5. The van der Waals surface area contributed by atoms with Gasteiger partial charge in [-0.2, -0.15) is 10.5 Å². The second kappa shape index (κ2) is 17.3. The van der Waals surface area contributed by atoms with Gasteiger partial charge in [-0.3, -0.25) is 9.97 Å². The Balaban J connectivity index is 1.15.